The Morgan fingerprint density at radius 1 is 1.00 bits per heavy atom. The van der Waals surface area contributed by atoms with Gasteiger partial charge < -0.3 is 20.5 Å². The number of carbonyl (C=O) groups excluding carboxylic acids is 1. The number of carboxylic acid groups (broad SMARTS) is 2. The summed E-state index contributed by atoms with van der Waals surface area (Å²) in [7, 11) is 0. The minimum atomic E-state index is -2.33. The van der Waals surface area contributed by atoms with Gasteiger partial charge in [0, 0.05) is 0 Å². The molecule has 0 aromatic rings. The normalized spacial score (nSPS) is 2.67. The van der Waals surface area contributed by atoms with E-state index in [1.807, 2.05) is 0 Å². The summed E-state index contributed by atoms with van der Waals surface area (Å²) in [5.41, 5.74) is 0. The van der Waals surface area contributed by atoms with Crippen molar-refractivity contribution >= 4 is 6.16 Å². The maximum atomic E-state index is 8.33. The van der Waals surface area contributed by atoms with E-state index < -0.39 is 6.16 Å². The van der Waals surface area contributed by atoms with Crippen LogP contribution in [0, 0.1) is 0 Å². The molecule has 0 aromatic heterocycles. The molecule has 0 aromatic carbocycles. The van der Waals surface area contributed by atoms with Gasteiger partial charge in [-0.1, -0.05) is 0 Å². The molecule has 0 radical (unpaired) electrons. The van der Waals surface area contributed by atoms with Crippen molar-refractivity contribution in [1.29, 1.82) is 0 Å². The summed E-state index contributed by atoms with van der Waals surface area (Å²) in [5, 5.41) is 16.7. The van der Waals surface area contributed by atoms with Gasteiger partial charge in [0.05, 0.1) is 0 Å². The zero-order valence-corrected chi connectivity index (χ0v) is 16.4. The number of hydrogen-bond donors (Lipinski definition) is 0. The molecule has 1 N–H and O–H groups in total. The van der Waals surface area contributed by atoms with Crippen LogP contribution < -0.4 is 172 Å². The third-order valence-electron chi connectivity index (χ3n) is 0. The van der Waals surface area contributed by atoms with E-state index in [9.17, 15) is 0 Å². The van der Waals surface area contributed by atoms with E-state index >= 15 is 0 Å². The Hall–Kier alpha value is 4.50. The van der Waals surface area contributed by atoms with Crippen LogP contribution in [0.4, 0.5) is 4.79 Å². The first kappa shape index (κ1) is 37.5. The summed E-state index contributed by atoms with van der Waals surface area (Å²) >= 11 is 0. The number of hydrogen-bond acceptors (Lipinski definition) is 4. The van der Waals surface area contributed by atoms with Crippen molar-refractivity contribution in [3.63, 3.8) is 0 Å². The van der Waals surface area contributed by atoms with Gasteiger partial charge in [-0.15, -0.1) is 0 Å². The fourth-order valence-corrected chi connectivity index (χ4v) is 0. The van der Waals surface area contributed by atoms with Crippen molar-refractivity contribution in [3.8, 4) is 0 Å². The Morgan fingerprint density at radius 3 is 1.00 bits per heavy atom. The maximum absolute atomic E-state index is 8.33. The minimum Gasteiger partial charge on any atom is -0.870 e. The molecule has 0 unspecified atom stereocenters. The third-order valence-corrected chi connectivity index (χ3v) is 0. The van der Waals surface area contributed by atoms with Gasteiger partial charge in [-0.25, -0.2) is 0 Å². The molecule has 0 saturated heterocycles. The monoisotopic (exact) mass is 201 g/mol. The van der Waals surface area contributed by atoms with Gasteiger partial charge in [0.2, 0.25) is 0 Å². The summed E-state index contributed by atoms with van der Waals surface area (Å²) < 4.78 is 0. The fraction of sp³-hybridized carbons (Fsp3) is 0. The smallest absolute Gasteiger partial charge is 0.870 e. The molecule has 0 aliphatic rings. The second-order valence-electron chi connectivity index (χ2n) is 0.250. The first-order chi connectivity index (χ1) is 1.73. The molecule has 0 aliphatic carbocycles. The fourth-order valence-electron chi connectivity index (χ4n) is 0. The van der Waals surface area contributed by atoms with Crippen LogP contribution in [0.5, 0.6) is 0 Å². The summed E-state index contributed by atoms with van der Waals surface area (Å²) in [6.45, 7) is 0. The standard InChI is InChI=1S/CH2O3.2K.2Na.H2O/c2-1(3)4;;;;;/h(H2,2,3,4);;;;;1H2/q;4*+1;/p-3. The van der Waals surface area contributed by atoms with E-state index in [4.69, 9.17) is 15.0 Å². The van der Waals surface area contributed by atoms with Crippen LogP contribution in [0.15, 0.2) is 0 Å². The molecule has 0 bridgehead atoms. The Kier molecular flexibility index (Phi) is 122. The van der Waals surface area contributed by atoms with Gasteiger partial charge in [0.25, 0.3) is 0 Å². The van der Waals surface area contributed by atoms with Crippen molar-refractivity contribution < 1.29 is 182 Å². The number of rotatable bonds is 0. The average Bonchev–Trinajstić information content (AvgIpc) is 0.811. The minimum absolute atomic E-state index is 0. The summed E-state index contributed by atoms with van der Waals surface area (Å²) in [4.78, 5) is 8.33. The van der Waals surface area contributed by atoms with E-state index in [1.54, 1.807) is 0 Å². The Bertz CT molecular complexity index is 39.5. The van der Waals surface area contributed by atoms with Crippen LogP contribution in [-0.2, 0) is 0 Å². The predicted molar refractivity (Wildman–Crippen MR) is 7.33 cm³/mol. The zero-order valence-electron chi connectivity index (χ0n) is 6.17. The van der Waals surface area contributed by atoms with Crippen LogP contribution in [0.2, 0.25) is 0 Å². The van der Waals surface area contributed by atoms with Crippen LogP contribution >= 0.6 is 0 Å². The molecule has 0 aliphatic heterocycles. The molecule has 0 atom stereocenters. The van der Waals surface area contributed by atoms with Gasteiger partial charge in [0.1, 0.15) is 0 Å². The number of carbonyl (C=O) groups is 1. The van der Waals surface area contributed by atoms with E-state index in [0.717, 1.165) is 0 Å². The quantitative estimate of drug-likeness (QED) is 0.364. The van der Waals surface area contributed by atoms with Crippen molar-refractivity contribution in [1.82, 2.24) is 0 Å². The van der Waals surface area contributed by atoms with E-state index in [2.05, 4.69) is 0 Å². The Morgan fingerprint density at radius 2 is 1.00 bits per heavy atom. The topological polar surface area (TPSA) is 93.2 Å². The predicted octanol–water partition coefficient (Wildman–Crippen LogP) is -14.6. The average molecular weight is 201 g/mol. The molecule has 0 rings (SSSR count). The molecule has 9 heavy (non-hydrogen) atoms. The molecule has 0 amide bonds. The van der Waals surface area contributed by atoms with Crippen LogP contribution in [0.3, 0.4) is 0 Å². The first-order valence-corrected chi connectivity index (χ1v) is 0.612. The van der Waals surface area contributed by atoms with Crippen LogP contribution in [0.25, 0.3) is 0 Å². The summed E-state index contributed by atoms with van der Waals surface area (Å²) in [6, 6.07) is 0. The van der Waals surface area contributed by atoms with Crippen molar-refractivity contribution in [2.75, 3.05) is 0 Å². The van der Waals surface area contributed by atoms with Crippen molar-refractivity contribution in [2.24, 2.45) is 0 Å². The van der Waals surface area contributed by atoms with Gasteiger partial charge in [0.15, 0.2) is 0 Å². The molecule has 8 heteroatoms. The molecule has 0 saturated carbocycles. The molecule has 4 nitrogen and oxygen atoms in total. The van der Waals surface area contributed by atoms with Gasteiger partial charge in [-0.05, 0) is 6.16 Å². The molecular formula is CHK2Na2O4+. The van der Waals surface area contributed by atoms with Gasteiger partial charge in [-0.3, -0.25) is 0 Å². The SMILES string of the molecule is O=C([O-])[O-].[K+].[K+].[Na+].[Na+].[OH-]. The van der Waals surface area contributed by atoms with E-state index in [0.29, 0.717) is 0 Å². The van der Waals surface area contributed by atoms with E-state index in [1.165, 1.54) is 0 Å². The molecule has 0 fully saturated rings. The maximum Gasteiger partial charge on any atom is 1.00 e. The van der Waals surface area contributed by atoms with E-state index in [-0.39, 0.29) is 167 Å². The third kappa shape index (κ3) is 68.0. The summed E-state index contributed by atoms with van der Waals surface area (Å²) in [6.07, 6.45) is -2.33. The van der Waals surface area contributed by atoms with Crippen molar-refractivity contribution in [2.45, 2.75) is 0 Å². The largest absolute Gasteiger partial charge is 1.00 e. The van der Waals surface area contributed by atoms with Crippen molar-refractivity contribution in [3.05, 3.63) is 0 Å². The Labute approximate surface area is 183 Å². The molecular weight excluding hydrogens is 200 g/mol. The van der Waals surface area contributed by atoms with Gasteiger partial charge in [-0.2, -0.15) is 0 Å². The second kappa shape index (κ2) is 29.4. The Balaban J connectivity index is -0.00000000450. The zero-order chi connectivity index (χ0) is 3.58. The van der Waals surface area contributed by atoms with Gasteiger partial charge >= 0.3 is 162 Å². The van der Waals surface area contributed by atoms with Crippen LogP contribution in [-0.4, -0.2) is 11.6 Å². The molecule has 0 heterocycles. The van der Waals surface area contributed by atoms with Crippen LogP contribution in [0.1, 0.15) is 0 Å². The molecule has 32 valence electrons. The first-order valence-electron chi connectivity index (χ1n) is 0.612. The second-order valence-corrected chi connectivity index (χ2v) is 0.250. The molecule has 0 spiro atoms. The summed E-state index contributed by atoms with van der Waals surface area (Å²) in [5.74, 6) is 0.